The highest BCUT2D eigenvalue weighted by molar-refractivity contribution is 6.30. The number of hydrogen-bond donors (Lipinski definition) is 1. The van der Waals surface area contributed by atoms with Crippen LogP contribution in [0.1, 0.15) is 38.2 Å². The number of nitrogens with one attached hydrogen (secondary N) is 1. The normalized spacial score (nSPS) is 29.2. The first-order valence-electron chi connectivity index (χ1n) is 7.88. The lowest BCUT2D eigenvalue weighted by Gasteiger charge is -2.21. The topological polar surface area (TPSA) is 12.0 Å². The molecule has 0 saturated heterocycles. The summed E-state index contributed by atoms with van der Waals surface area (Å²) in [4.78, 5) is 0. The van der Waals surface area contributed by atoms with Crippen molar-refractivity contribution in [3.63, 3.8) is 0 Å². The molecule has 3 heteroatoms. The van der Waals surface area contributed by atoms with Crippen LogP contribution in [0, 0.1) is 23.6 Å². The molecule has 20 heavy (non-hydrogen) atoms. The van der Waals surface area contributed by atoms with Crippen molar-refractivity contribution in [3.8, 4) is 0 Å². The monoisotopic (exact) mass is 295 g/mol. The van der Waals surface area contributed by atoms with E-state index < -0.39 is 0 Å². The molecule has 1 N–H and O–H groups in total. The average molecular weight is 296 g/mol. The number of halogens is 2. The van der Waals surface area contributed by atoms with Crippen LogP contribution in [0.15, 0.2) is 18.2 Å². The number of fused-ring (bicyclic) bond motifs is 1. The van der Waals surface area contributed by atoms with E-state index in [2.05, 4.69) is 12.2 Å². The van der Waals surface area contributed by atoms with E-state index in [1.807, 2.05) is 6.07 Å². The second-order valence-corrected chi connectivity index (χ2v) is 6.76. The van der Waals surface area contributed by atoms with Crippen molar-refractivity contribution in [3.05, 3.63) is 34.6 Å². The highest BCUT2D eigenvalue weighted by Crippen LogP contribution is 2.59. The lowest BCUT2D eigenvalue weighted by atomic mass is 9.97. The lowest BCUT2D eigenvalue weighted by molar-refractivity contribution is 0.403. The molecule has 0 heterocycles. The van der Waals surface area contributed by atoms with Crippen molar-refractivity contribution in [1.29, 1.82) is 0 Å². The SMILES string of the molecule is CCCNC(Cc1ccc(F)c(Cl)c1)C1C2CCCC21. The molecular formula is C17H23ClFN. The summed E-state index contributed by atoms with van der Waals surface area (Å²) in [7, 11) is 0. The molecule has 0 aliphatic heterocycles. The molecule has 3 unspecified atom stereocenters. The fourth-order valence-electron chi connectivity index (χ4n) is 4.07. The van der Waals surface area contributed by atoms with Gasteiger partial charge in [0.15, 0.2) is 0 Å². The molecule has 2 aliphatic rings. The molecule has 0 amide bonds. The van der Waals surface area contributed by atoms with Gasteiger partial charge in [0.05, 0.1) is 5.02 Å². The second-order valence-electron chi connectivity index (χ2n) is 6.35. The van der Waals surface area contributed by atoms with Crippen LogP contribution >= 0.6 is 11.6 Å². The summed E-state index contributed by atoms with van der Waals surface area (Å²) in [5.74, 6) is 2.40. The Labute approximate surface area is 125 Å². The molecule has 1 nitrogen and oxygen atoms in total. The van der Waals surface area contributed by atoms with Crippen molar-refractivity contribution in [2.75, 3.05) is 6.54 Å². The number of benzene rings is 1. The maximum Gasteiger partial charge on any atom is 0.141 e. The molecule has 0 bridgehead atoms. The highest BCUT2D eigenvalue weighted by atomic mass is 35.5. The number of hydrogen-bond acceptors (Lipinski definition) is 1. The van der Waals surface area contributed by atoms with Crippen LogP contribution in [-0.2, 0) is 6.42 Å². The van der Waals surface area contributed by atoms with Gasteiger partial charge in [-0.25, -0.2) is 4.39 Å². The van der Waals surface area contributed by atoms with Crippen LogP contribution in [-0.4, -0.2) is 12.6 Å². The zero-order valence-electron chi connectivity index (χ0n) is 12.0. The first-order valence-corrected chi connectivity index (χ1v) is 8.25. The van der Waals surface area contributed by atoms with Crippen molar-refractivity contribution in [2.24, 2.45) is 17.8 Å². The minimum Gasteiger partial charge on any atom is -0.313 e. The third kappa shape index (κ3) is 2.87. The van der Waals surface area contributed by atoms with Gasteiger partial charge in [-0.05, 0) is 67.7 Å². The van der Waals surface area contributed by atoms with Gasteiger partial charge in [-0.1, -0.05) is 31.0 Å². The van der Waals surface area contributed by atoms with E-state index in [1.54, 1.807) is 6.07 Å². The van der Waals surface area contributed by atoms with Gasteiger partial charge in [0, 0.05) is 6.04 Å². The van der Waals surface area contributed by atoms with Crippen molar-refractivity contribution in [1.82, 2.24) is 5.32 Å². The summed E-state index contributed by atoms with van der Waals surface area (Å²) in [5.41, 5.74) is 1.15. The third-order valence-electron chi connectivity index (χ3n) is 5.03. The molecule has 3 atom stereocenters. The highest BCUT2D eigenvalue weighted by Gasteiger charge is 2.55. The predicted molar refractivity (Wildman–Crippen MR) is 81.5 cm³/mol. The zero-order chi connectivity index (χ0) is 14.1. The molecule has 1 aromatic carbocycles. The van der Waals surface area contributed by atoms with Crippen LogP contribution < -0.4 is 5.32 Å². The summed E-state index contributed by atoms with van der Waals surface area (Å²) in [6, 6.07) is 5.68. The van der Waals surface area contributed by atoms with Crippen LogP contribution in [0.4, 0.5) is 4.39 Å². The minimum absolute atomic E-state index is 0.243. The van der Waals surface area contributed by atoms with Crippen molar-refractivity contribution in [2.45, 2.75) is 45.1 Å². The fourth-order valence-corrected chi connectivity index (χ4v) is 4.27. The van der Waals surface area contributed by atoms with E-state index in [-0.39, 0.29) is 10.8 Å². The smallest absolute Gasteiger partial charge is 0.141 e. The molecule has 2 saturated carbocycles. The molecule has 0 radical (unpaired) electrons. The van der Waals surface area contributed by atoms with Crippen LogP contribution in [0.3, 0.4) is 0 Å². The lowest BCUT2D eigenvalue weighted by Crippen LogP contribution is -2.35. The summed E-state index contributed by atoms with van der Waals surface area (Å²) in [5, 5.41) is 3.95. The van der Waals surface area contributed by atoms with Gasteiger partial charge in [-0.3, -0.25) is 0 Å². The molecule has 2 aliphatic carbocycles. The van der Waals surface area contributed by atoms with Crippen molar-refractivity contribution < 1.29 is 4.39 Å². The zero-order valence-corrected chi connectivity index (χ0v) is 12.8. The molecule has 3 rings (SSSR count). The third-order valence-corrected chi connectivity index (χ3v) is 5.32. The van der Waals surface area contributed by atoms with Crippen LogP contribution in [0.5, 0.6) is 0 Å². The van der Waals surface area contributed by atoms with Gasteiger partial charge < -0.3 is 5.32 Å². The molecular weight excluding hydrogens is 273 g/mol. The fraction of sp³-hybridized carbons (Fsp3) is 0.647. The Balaban J connectivity index is 1.67. The molecule has 0 spiro atoms. The quantitative estimate of drug-likeness (QED) is 0.818. The van der Waals surface area contributed by atoms with Gasteiger partial charge in [0.1, 0.15) is 5.82 Å². The average Bonchev–Trinajstić information content (AvgIpc) is 2.91. The van der Waals surface area contributed by atoms with Crippen LogP contribution in [0.2, 0.25) is 5.02 Å². The number of rotatable bonds is 6. The van der Waals surface area contributed by atoms with E-state index >= 15 is 0 Å². The second kappa shape index (κ2) is 6.03. The van der Waals surface area contributed by atoms with Gasteiger partial charge in [0.25, 0.3) is 0 Å². The van der Waals surface area contributed by atoms with E-state index in [9.17, 15) is 4.39 Å². The molecule has 110 valence electrons. The molecule has 1 aromatic rings. The largest absolute Gasteiger partial charge is 0.313 e. The Kier molecular flexibility index (Phi) is 4.32. The van der Waals surface area contributed by atoms with Crippen molar-refractivity contribution >= 4 is 11.6 Å². The summed E-state index contributed by atoms with van der Waals surface area (Å²) >= 11 is 5.90. The van der Waals surface area contributed by atoms with Gasteiger partial charge in [0.2, 0.25) is 0 Å². The van der Waals surface area contributed by atoms with Gasteiger partial charge in [-0.15, -0.1) is 0 Å². The van der Waals surface area contributed by atoms with E-state index in [1.165, 1.54) is 25.3 Å². The standard InChI is InChI=1S/C17H23ClFN/c1-2-8-20-16(17-12-4-3-5-13(12)17)10-11-6-7-15(19)14(18)9-11/h6-7,9,12-13,16-17,20H,2-5,8,10H2,1H3. The Morgan fingerprint density at radius 1 is 1.35 bits per heavy atom. The Morgan fingerprint density at radius 3 is 2.75 bits per heavy atom. The Morgan fingerprint density at radius 2 is 2.10 bits per heavy atom. The summed E-state index contributed by atoms with van der Waals surface area (Å²) in [6.07, 6.45) is 6.35. The minimum atomic E-state index is -0.322. The van der Waals surface area contributed by atoms with Gasteiger partial charge >= 0.3 is 0 Å². The molecule has 2 fully saturated rings. The first kappa shape index (κ1) is 14.3. The summed E-state index contributed by atoms with van der Waals surface area (Å²) < 4.78 is 13.2. The van der Waals surface area contributed by atoms with E-state index in [0.29, 0.717) is 6.04 Å². The first-order chi connectivity index (χ1) is 9.70. The maximum absolute atomic E-state index is 13.2. The van der Waals surface area contributed by atoms with E-state index in [4.69, 9.17) is 11.6 Å². The summed E-state index contributed by atoms with van der Waals surface area (Å²) in [6.45, 7) is 3.27. The van der Waals surface area contributed by atoms with Crippen LogP contribution in [0.25, 0.3) is 0 Å². The predicted octanol–water partition coefficient (Wildman–Crippen LogP) is 4.44. The molecule has 0 aromatic heterocycles. The van der Waals surface area contributed by atoms with E-state index in [0.717, 1.165) is 42.7 Å². The maximum atomic E-state index is 13.2. The Bertz CT molecular complexity index is 466. The Hall–Kier alpha value is -0.600. The van der Waals surface area contributed by atoms with Gasteiger partial charge in [-0.2, -0.15) is 0 Å².